The van der Waals surface area contributed by atoms with Crippen molar-refractivity contribution in [3.05, 3.63) is 59.2 Å². The van der Waals surface area contributed by atoms with E-state index in [0.29, 0.717) is 17.7 Å². The van der Waals surface area contributed by atoms with Gasteiger partial charge in [-0.15, -0.1) is 0 Å². The number of pyridine rings is 1. The average molecular weight is 259 g/mol. The molecule has 2 atom stereocenters. The van der Waals surface area contributed by atoms with Crippen LogP contribution in [0.3, 0.4) is 0 Å². The summed E-state index contributed by atoms with van der Waals surface area (Å²) >= 11 is 0. The zero-order chi connectivity index (χ0) is 13.4. The lowest BCUT2D eigenvalue weighted by molar-refractivity contribution is 0.0649. The van der Waals surface area contributed by atoms with Crippen molar-refractivity contribution in [2.24, 2.45) is 0 Å². The molecule has 1 N–H and O–H groups in total. The normalized spacial score (nSPS) is 21.6. The summed E-state index contributed by atoms with van der Waals surface area (Å²) < 4.78 is 19.0. The van der Waals surface area contributed by atoms with E-state index in [2.05, 4.69) is 4.98 Å². The van der Waals surface area contributed by atoms with Crippen molar-refractivity contribution in [3.8, 4) is 5.75 Å². The van der Waals surface area contributed by atoms with Crippen LogP contribution in [0.4, 0.5) is 4.39 Å². The molecule has 1 aromatic carbocycles. The number of hydrogen-bond acceptors (Lipinski definition) is 3. The maximum absolute atomic E-state index is 13.2. The Kier molecular flexibility index (Phi) is 2.95. The number of benzene rings is 1. The molecule has 0 amide bonds. The molecule has 3 rings (SSSR count). The highest BCUT2D eigenvalue weighted by atomic mass is 19.1. The molecule has 0 fully saturated rings. The summed E-state index contributed by atoms with van der Waals surface area (Å²) in [5.41, 5.74) is 2.53. The molecule has 0 bridgehead atoms. The fourth-order valence-corrected chi connectivity index (χ4v) is 2.42. The number of ether oxygens (including phenoxy) is 1. The van der Waals surface area contributed by atoms with Crippen LogP contribution in [0, 0.1) is 12.7 Å². The summed E-state index contributed by atoms with van der Waals surface area (Å²) in [4.78, 5) is 4.09. The Bertz CT molecular complexity index is 615. The van der Waals surface area contributed by atoms with Crippen LogP contribution in [0.1, 0.15) is 35.3 Å². The molecule has 1 aliphatic rings. The molecule has 1 aliphatic heterocycles. The third-order valence-corrected chi connectivity index (χ3v) is 3.46. The van der Waals surface area contributed by atoms with Gasteiger partial charge in [-0.2, -0.15) is 0 Å². The predicted molar refractivity (Wildman–Crippen MR) is 68.3 cm³/mol. The van der Waals surface area contributed by atoms with Gasteiger partial charge in [0.2, 0.25) is 0 Å². The van der Waals surface area contributed by atoms with E-state index in [4.69, 9.17) is 4.74 Å². The van der Waals surface area contributed by atoms with Gasteiger partial charge in [-0.1, -0.05) is 0 Å². The van der Waals surface area contributed by atoms with Gasteiger partial charge in [0, 0.05) is 29.9 Å². The standard InChI is InChI=1S/C15H14FNO2/c1-9-4-5-17-8-12(9)15-7-13(18)11-6-10(16)2-3-14(11)19-15/h2-6,8,13,15,18H,7H2,1H3. The molecule has 0 radical (unpaired) electrons. The van der Waals surface area contributed by atoms with Gasteiger partial charge in [-0.3, -0.25) is 4.98 Å². The van der Waals surface area contributed by atoms with Gasteiger partial charge < -0.3 is 9.84 Å². The molecule has 1 aromatic heterocycles. The molecule has 2 unspecified atom stereocenters. The summed E-state index contributed by atoms with van der Waals surface area (Å²) in [7, 11) is 0. The van der Waals surface area contributed by atoms with Crippen molar-refractivity contribution in [3.63, 3.8) is 0 Å². The van der Waals surface area contributed by atoms with E-state index in [1.165, 1.54) is 12.1 Å². The van der Waals surface area contributed by atoms with E-state index in [9.17, 15) is 9.50 Å². The summed E-state index contributed by atoms with van der Waals surface area (Å²) in [5, 5.41) is 10.1. The molecule has 19 heavy (non-hydrogen) atoms. The number of aliphatic hydroxyl groups excluding tert-OH is 1. The van der Waals surface area contributed by atoms with Gasteiger partial charge in [-0.05, 0) is 36.8 Å². The lowest BCUT2D eigenvalue weighted by Gasteiger charge is -2.30. The van der Waals surface area contributed by atoms with Crippen LogP contribution in [-0.2, 0) is 0 Å². The van der Waals surface area contributed by atoms with Gasteiger partial charge in [0.15, 0.2) is 0 Å². The van der Waals surface area contributed by atoms with Crippen LogP contribution in [0.2, 0.25) is 0 Å². The molecular weight excluding hydrogens is 245 g/mol. The monoisotopic (exact) mass is 259 g/mol. The Morgan fingerprint density at radius 1 is 1.32 bits per heavy atom. The number of hydrogen-bond donors (Lipinski definition) is 1. The lowest BCUT2D eigenvalue weighted by Crippen LogP contribution is -2.20. The van der Waals surface area contributed by atoms with Crippen LogP contribution in [0.25, 0.3) is 0 Å². The maximum Gasteiger partial charge on any atom is 0.128 e. The second kappa shape index (κ2) is 4.63. The highest BCUT2D eigenvalue weighted by Gasteiger charge is 2.29. The summed E-state index contributed by atoms with van der Waals surface area (Å²) in [5.74, 6) is 0.172. The molecule has 0 aliphatic carbocycles. The molecule has 2 heterocycles. The van der Waals surface area contributed by atoms with Crippen LogP contribution in [0.5, 0.6) is 5.75 Å². The highest BCUT2D eigenvalue weighted by Crippen LogP contribution is 2.41. The van der Waals surface area contributed by atoms with Crippen molar-refractivity contribution in [2.75, 3.05) is 0 Å². The van der Waals surface area contributed by atoms with Crippen molar-refractivity contribution in [1.29, 1.82) is 0 Å². The Morgan fingerprint density at radius 3 is 2.95 bits per heavy atom. The van der Waals surface area contributed by atoms with E-state index < -0.39 is 6.10 Å². The molecule has 0 spiro atoms. The van der Waals surface area contributed by atoms with Gasteiger partial charge in [0.25, 0.3) is 0 Å². The first kappa shape index (κ1) is 12.1. The first-order chi connectivity index (χ1) is 9.15. The van der Waals surface area contributed by atoms with Crippen molar-refractivity contribution in [2.45, 2.75) is 25.6 Å². The highest BCUT2D eigenvalue weighted by molar-refractivity contribution is 5.39. The van der Waals surface area contributed by atoms with Crippen molar-refractivity contribution >= 4 is 0 Å². The first-order valence-electron chi connectivity index (χ1n) is 6.20. The average Bonchev–Trinajstić information content (AvgIpc) is 2.40. The minimum Gasteiger partial charge on any atom is -0.485 e. The summed E-state index contributed by atoms with van der Waals surface area (Å²) in [6.45, 7) is 1.98. The van der Waals surface area contributed by atoms with E-state index in [-0.39, 0.29) is 11.9 Å². The molecule has 2 aromatic rings. The Hall–Kier alpha value is -1.94. The lowest BCUT2D eigenvalue weighted by atomic mass is 9.94. The van der Waals surface area contributed by atoms with Crippen LogP contribution in [0.15, 0.2) is 36.7 Å². The van der Waals surface area contributed by atoms with Gasteiger partial charge in [0.1, 0.15) is 17.7 Å². The number of aliphatic hydroxyl groups is 1. The number of halogens is 1. The third kappa shape index (κ3) is 2.19. The quantitative estimate of drug-likeness (QED) is 0.855. The second-order valence-corrected chi connectivity index (χ2v) is 4.77. The minimum absolute atomic E-state index is 0.248. The fourth-order valence-electron chi connectivity index (χ4n) is 2.42. The van der Waals surface area contributed by atoms with E-state index in [1.807, 2.05) is 13.0 Å². The Morgan fingerprint density at radius 2 is 2.16 bits per heavy atom. The van der Waals surface area contributed by atoms with Crippen LogP contribution >= 0.6 is 0 Å². The zero-order valence-electron chi connectivity index (χ0n) is 10.5. The third-order valence-electron chi connectivity index (χ3n) is 3.46. The minimum atomic E-state index is -0.718. The molecule has 4 heteroatoms. The number of fused-ring (bicyclic) bond motifs is 1. The van der Waals surface area contributed by atoms with Crippen LogP contribution < -0.4 is 4.74 Å². The van der Waals surface area contributed by atoms with Gasteiger partial charge >= 0.3 is 0 Å². The van der Waals surface area contributed by atoms with Crippen molar-refractivity contribution in [1.82, 2.24) is 4.98 Å². The molecule has 3 nitrogen and oxygen atoms in total. The predicted octanol–water partition coefficient (Wildman–Crippen LogP) is 3.09. The van der Waals surface area contributed by atoms with E-state index in [1.54, 1.807) is 18.5 Å². The summed E-state index contributed by atoms with van der Waals surface area (Å²) in [6.07, 6.45) is 2.91. The Balaban J connectivity index is 1.97. The molecule has 0 saturated heterocycles. The summed E-state index contributed by atoms with van der Waals surface area (Å²) in [6, 6.07) is 6.13. The number of aromatic nitrogens is 1. The van der Waals surface area contributed by atoms with E-state index in [0.717, 1.165) is 11.1 Å². The number of rotatable bonds is 1. The Labute approximate surface area is 110 Å². The second-order valence-electron chi connectivity index (χ2n) is 4.77. The molecular formula is C15H14FNO2. The topological polar surface area (TPSA) is 42.4 Å². The smallest absolute Gasteiger partial charge is 0.128 e. The van der Waals surface area contributed by atoms with Gasteiger partial charge in [-0.25, -0.2) is 4.39 Å². The maximum atomic E-state index is 13.2. The zero-order valence-corrected chi connectivity index (χ0v) is 10.5. The number of nitrogens with zero attached hydrogens (tertiary/aromatic N) is 1. The SMILES string of the molecule is Cc1ccncc1C1CC(O)c2cc(F)ccc2O1. The van der Waals surface area contributed by atoms with Gasteiger partial charge in [0.05, 0.1) is 6.10 Å². The fraction of sp³-hybridized carbons (Fsp3) is 0.267. The number of aryl methyl sites for hydroxylation is 1. The van der Waals surface area contributed by atoms with Crippen LogP contribution in [-0.4, -0.2) is 10.1 Å². The van der Waals surface area contributed by atoms with E-state index >= 15 is 0 Å². The largest absolute Gasteiger partial charge is 0.485 e. The van der Waals surface area contributed by atoms with Crippen molar-refractivity contribution < 1.29 is 14.2 Å². The molecule has 98 valence electrons. The molecule has 0 saturated carbocycles. The first-order valence-corrected chi connectivity index (χ1v) is 6.20.